The van der Waals surface area contributed by atoms with Gasteiger partial charge in [-0.15, -0.1) is 0 Å². The van der Waals surface area contributed by atoms with Crippen LogP contribution in [0, 0.1) is 10.2 Å². The Morgan fingerprint density at radius 3 is 0.757 bits per heavy atom. The maximum Gasteiger partial charge on any atom is 0.0784 e. The van der Waals surface area contributed by atoms with Gasteiger partial charge in [-0.25, -0.2) is 0 Å². The van der Waals surface area contributed by atoms with Gasteiger partial charge in [0.05, 0.1) is 41.6 Å². The summed E-state index contributed by atoms with van der Waals surface area (Å²) >= 11 is 0. The van der Waals surface area contributed by atoms with Gasteiger partial charge in [0.15, 0.2) is 0 Å². The quantitative estimate of drug-likeness (QED) is 0.0903. The molecule has 1 N–H and O–H groups in total. The molecule has 6 heteroatoms. The van der Waals surface area contributed by atoms with Crippen LogP contribution in [0.1, 0.15) is 175 Å². The SMILES string of the molecule is CCCCCCCCCC[N+](C)(CCCCCCCCCC)CCCCCCCCCC.[O-][Cl+3]([O-])([O-])O. The molecular weight excluding hydrogens is 486 g/mol. The summed E-state index contributed by atoms with van der Waals surface area (Å²) in [5.74, 6) is 0. The molecule has 5 nitrogen and oxygen atoms in total. The maximum absolute atomic E-state index is 8.60. The third-order valence-corrected chi connectivity index (χ3v) is 7.65. The summed E-state index contributed by atoms with van der Waals surface area (Å²) in [5, 5.41) is 0. The molecule has 0 fully saturated rings. The Hall–Kier alpha value is 0.0900. The minimum Gasteiger partial charge on any atom is -0.326 e. The summed E-state index contributed by atoms with van der Waals surface area (Å²) in [6, 6.07) is 0. The van der Waals surface area contributed by atoms with E-state index in [0.717, 1.165) is 0 Å². The van der Waals surface area contributed by atoms with E-state index in [1.807, 2.05) is 0 Å². The van der Waals surface area contributed by atoms with E-state index in [2.05, 4.69) is 27.8 Å². The van der Waals surface area contributed by atoms with Crippen LogP contribution in [0.4, 0.5) is 0 Å². The van der Waals surface area contributed by atoms with Crippen LogP contribution in [0.25, 0.3) is 0 Å². The Morgan fingerprint density at radius 1 is 0.405 bits per heavy atom. The monoisotopic (exact) mass is 552 g/mol. The summed E-state index contributed by atoms with van der Waals surface area (Å²) in [6.07, 6.45) is 34.8. The highest BCUT2D eigenvalue weighted by atomic mass is 35.7. The molecule has 0 aliphatic rings. The molecule has 0 aromatic carbocycles. The van der Waals surface area contributed by atoms with E-state index in [9.17, 15) is 0 Å². The van der Waals surface area contributed by atoms with Gasteiger partial charge in [0.1, 0.15) is 0 Å². The molecule has 0 rings (SSSR count). The van der Waals surface area contributed by atoms with Crippen LogP contribution < -0.4 is 14.0 Å². The van der Waals surface area contributed by atoms with Crippen LogP contribution in [-0.4, -0.2) is 35.8 Å². The Bertz CT molecular complexity index is 376. The zero-order chi connectivity index (χ0) is 28.1. The predicted molar refractivity (Wildman–Crippen MR) is 151 cm³/mol. The maximum atomic E-state index is 8.60. The number of nitrogens with zero attached hydrogens (tertiary/aromatic N) is 1. The largest absolute Gasteiger partial charge is 0.326 e. The molecule has 0 aliphatic carbocycles. The minimum atomic E-state index is -4.69. The van der Waals surface area contributed by atoms with Crippen molar-refractivity contribution in [1.29, 1.82) is 0 Å². The van der Waals surface area contributed by atoms with E-state index < -0.39 is 10.2 Å². The molecule has 226 valence electrons. The number of hydrogen-bond donors (Lipinski definition) is 1. The van der Waals surface area contributed by atoms with E-state index in [1.54, 1.807) is 0 Å². The van der Waals surface area contributed by atoms with Gasteiger partial charge in [-0.2, -0.15) is 14.0 Å². The van der Waals surface area contributed by atoms with Crippen LogP contribution in [-0.2, 0) is 0 Å². The third-order valence-electron chi connectivity index (χ3n) is 7.65. The van der Waals surface area contributed by atoms with Crippen LogP contribution in [0.5, 0.6) is 0 Å². The molecule has 0 atom stereocenters. The molecular formula is C31H67ClNO4+. The minimum absolute atomic E-state index is 1.36. The second-order valence-electron chi connectivity index (χ2n) is 11.6. The van der Waals surface area contributed by atoms with Crippen molar-refractivity contribution < 1.29 is 33.4 Å². The van der Waals surface area contributed by atoms with E-state index >= 15 is 0 Å². The van der Waals surface area contributed by atoms with E-state index in [-0.39, 0.29) is 0 Å². The second kappa shape index (κ2) is 29.1. The molecule has 37 heavy (non-hydrogen) atoms. The fraction of sp³-hybridized carbons (Fsp3) is 1.00. The van der Waals surface area contributed by atoms with Crippen LogP contribution >= 0.6 is 0 Å². The summed E-state index contributed by atoms with van der Waals surface area (Å²) in [4.78, 5) is 0. The Morgan fingerprint density at radius 2 is 0.568 bits per heavy atom. The van der Waals surface area contributed by atoms with Crippen molar-refractivity contribution in [3.63, 3.8) is 0 Å². The Labute approximate surface area is 234 Å². The first-order valence-electron chi connectivity index (χ1n) is 16.1. The van der Waals surface area contributed by atoms with Gasteiger partial charge >= 0.3 is 0 Å². The van der Waals surface area contributed by atoms with Crippen molar-refractivity contribution in [3.05, 3.63) is 0 Å². The van der Waals surface area contributed by atoms with Gasteiger partial charge in [0.2, 0.25) is 0 Å². The highest BCUT2D eigenvalue weighted by molar-refractivity contribution is 4.52. The summed E-state index contributed by atoms with van der Waals surface area (Å²) < 4.78 is 34.1. The van der Waals surface area contributed by atoms with Crippen molar-refractivity contribution in [2.24, 2.45) is 0 Å². The van der Waals surface area contributed by atoms with E-state index in [0.29, 0.717) is 0 Å². The van der Waals surface area contributed by atoms with Crippen LogP contribution in [0.15, 0.2) is 0 Å². The first kappa shape index (κ1) is 39.2. The van der Waals surface area contributed by atoms with Crippen molar-refractivity contribution in [2.75, 3.05) is 26.7 Å². The van der Waals surface area contributed by atoms with Gasteiger partial charge in [0.25, 0.3) is 0 Å². The summed E-state index contributed by atoms with van der Waals surface area (Å²) in [5.41, 5.74) is 0. The highest BCUT2D eigenvalue weighted by Crippen LogP contribution is 2.17. The Kier molecular flexibility index (Phi) is 30.8. The van der Waals surface area contributed by atoms with Gasteiger partial charge in [0, 0.05) is 0 Å². The lowest BCUT2D eigenvalue weighted by atomic mass is 10.1. The molecule has 0 saturated carbocycles. The van der Waals surface area contributed by atoms with Crippen molar-refractivity contribution in [1.82, 2.24) is 0 Å². The number of unbranched alkanes of at least 4 members (excludes halogenated alkanes) is 21. The molecule has 0 saturated heterocycles. The van der Waals surface area contributed by atoms with Crippen LogP contribution in [0.2, 0.25) is 0 Å². The zero-order valence-corrected chi connectivity index (χ0v) is 26.3. The number of hydrogen-bond acceptors (Lipinski definition) is 4. The molecule has 0 aliphatic heterocycles. The molecule has 0 unspecified atom stereocenters. The van der Waals surface area contributed by atoms with Gasteiger partial charge in [-0.05, 0) is 38.5 Å². The topological polar surface area (TPSA) is 89.4 Å². The first-order chi connectivity index (χ1) is 17.7. The van der Waals surface area contributed by atoms with E-state index in [4.69, 9.17) is 18.6 Å². The third kappa shape index (κ3) is 38.3. The Balaban J connectivity index is 0. The first-order valence-corrected chi connectivity index (χ1v) is 17.4. The second-order valence-corrected chi connectivity index (χ2v) is 12.4. The fourth-order valence-electron chi connectivity index (χ4n) is 5.22. The van der Waals surface area contributed by atoms with Crippen LogP contribution in [0.3, 0.4) is 0 Å². The number of quaternary nitrogens is 1. The van der Waals surface area contributed by atoms with Crippen molar-refractivity contribution in [3.8, 4) is 0 Å². The average molecular weight is 553 g/mol. The number of halogens is 1. The lowest BCUT2D eigenvalue weighted by molar-refractivity contribution is -1.92. The fourth-order valence-corrected chi connectivity index (χ4v) is 5.22. The molecule has 0 amide bonds. The summed E-state index contributed by atoms with van der Waals surface area (Å²) in [6.45, 7) is 11.2. The molecule has 0 bridgehead atoms. The molecule has 0 radical (unpaired) electrons. The molecule has 0 heterocycles. The molecule has 0 aromatic heterocycles. The highest BCUT2D eigenvalue weighted by Gasteiger charge is 2.20. The normalized spacial score (nSPS) is 12.0. The van der Waals surface area contributed by atoms with Crippen molar-refractivity contribution in [2.45, 2.75) is 175 Å². The van der Waals surface area contributed by atoms with Crippen molar-refractivity contribution >= 4 is 0 Å². The van der Waals surface area contributed by atoms with Gasteiger partial charge in [-0.1, -0.05) is 136 Å². The molecule has 0 aromatic rings. The number of rotatable bonds is 27. The van der Waals surface area contributed by atoms with Gasteiger partial charge < -0.3 is 4.48 Å². The average Bonchev–Trinajstić information content (AvgIpc) is 2.83. The zero-order valence-electron chi connectivity index (χ0n) is 25.6. The lowest BCUT2D eigenvalue weighted by Crippen LogP contribution is -2.58. The standard InChI is InChI=1S/C31H66N.ClHO4/c1-5-8-11-14-17-20-23-26-29-32(4,30-27-24-21-18-15-12-9-6-2)31-28-25-22-19-16-13-10-7-3;2-1(3,4)5/h5-31H2,1-4H3;(H,2,3,4,5)/q+1;. The molecule has 0 spiro atoms. The van der Waals surface area contributed by atoms with E-state index in [1.165, 1.54) is 178 Å². The smallest absolute Gasteiger partial charge is 0.0784 e. The lowest BCUT2D eigenvalue weighted by Gasteiger charge is -2.35. The van der Waals surface area contributed by atoms with Gasteiger partial charge in [-0.3, -0.25) is 0 Å². The summed E-state index contributed by atoms with van der Waals surface area (Å²) in [7, 11) is -2.11. The predicted octanol–water partition coefficient (Wildman–Crippen LogP) is 6.73.